The normalized spacial score (nSPS) is 14.2. The van der Waals surface area contributed by atoms with Crippen LogP contribution in [0.5, 0.6) is 0 Å². The van der Waals surface area contributed by atoms with E-state index in [1.807, 2.05) is 42.5 Å². The minimum atomic E-state index is -0.545. The van der Waals surface area contributed by atoms with Crippen molar-refractivity contribution in [2.45, 2.75) is 0 Å². The predicted octanol–water partition coefficient (Wildman–Crippen LogP) is 4.86. The molecule has 1 saturated heterocycles. The van der Waals surface area contributed by atoms with Crippen LogP contribution >= 0.6 is 11.6 Å². The van der Waals surface area contributed by atoms with Gasteiger partial charge in [0, 0.05) is 29.1 Å². The molecule has 34 heavy (non-hydrogen) atoms. The summed E-state index contributed by atoms with van der Waals surface area (Å²) < 4.78 is 11.3. The fourth-order valence-corrected chi connectivity index (χ4v) is 4.06. The Morgan fingerprint density at radius 1 is 1.21 bits per heavy atom. The van der Waals surface area contributed by atoms with Gasteiger partial charge in [0.05, 0.1) is 30.8 Å². The van der Waals surface area contributed by atoms with Gasteiger partial charge in [-0.15, -0.1) is 0 Å². The third kappa shape index (κ3) is 4.39. The minimum Gasteiger partial charge on any atom is -0.454 e. The lowest BCUT2D eigenvalue weighted by Gasteiger charge is -2.30. The molecule has 1 fully saturated rings. The highest BCUT2D eigenvalue weighted by Crippen LogP contribution is 2.32. The molecular formula is C25H20ClN5O3. The maximum atomic E-state index is 13.1. The van der Waals surface area contributed by atoms with Crippen molar-refractivity contribution < 1.29 is 13.9 Å². The molecule has 8 nitrogen and oxygen atoms in total. The zero-order valence-electron chi connectivity index (χ0n) is 18.0. The highest BCUT2D eigenvalue weighted by atomic mass is 35.5. The van der Waals surface area contributed by atoms with Crippen LogP contribution in [-0.4, -0.2) is 42.4 Å². The summed E-state index contributed by atoms with van der Waals surface area (Å²) in [6.07, 6.45) is 3.03. The van der Waals surface area contributed by atoms with E-state index in [4.69, 9.17) is 20.8 Å². The van der Waals surface area contributed by atoms with Gasteiger partial charge in [0.2, 0.25) is 0 Å². The molecule has 0 aliphatic carbocycles. The van der Waals surface area contributed by atoms with Gasteiger partial charge in [0.1, 0.15) is 22.9 Å². The number of furan rings is 1. The van der Waals surface area contributed by atoms with Crippen molar-refractivity contribution in [1.29, 1.82) is 5.26 Å². The molecule has 2 aromatic heterocycles. The maximum Gasteiger partial charge on any atom is 0.266 e. The maximum absolute atomic E-state index is 13.1. The Morgan fingerprint density at radius 2 is 2.03 bits per heavy atom. The summed E-state index contributed by atoms with van der Waals surface area (Å²) in [4.78, 5) is 15.2. The van der Waals surface area contributed by atoms with E-state index in [2.05, 4.69) is 20.4 Å². The van der Waals surface area contributed by atoms with Crippen molar-refractivity contribution in [3.8, 4) is 17.5 Å². The number of fused-ring (bicyclic) bond motifs is 1. The van der Waals surface area contributed by atoms with E-state index in [0.717, 1.165) is 16.7 Å². The molecule has 0 spiro atoms. The number of carbonyl (C=O) groups is 1. The van der Waals surface area contributed by atoms with Crippen molar-refractivity contribution in [3.05, 3.63) is 70.9 Å². The summed E-state index contributed by atoms with van der Waals surface area (Å²) in [5.74, 6) is 0.0168. The number of benzene rings is 2. The number of aromatic amines is 1. The first-order valence-corrected chi connectivity index (χ1v) is 11.1. The average Bonchev–Trinajstić information content (AvgIpc) is 3.49. The Balaban J connectivity index is 1.43. The van der Waals surface area contributed by atoms with Crippen LogP contribution in [0.3, 0.4) is 0 Å². The number of morpholine rings is 1. The van der Waals surface area contributed by atoms with Gasteiger partial charge in [0.25, 0.3) is 5.91 Å². The number of amides is 1. The number of hydrogen-bond acceptors (Lipinski definition) is 6. The number of hydrogen-bond donors (Lipinski definition) is 2. The molecule has 4 aromatic rings. The zero-order chi connectivity index (χ0) is 23.5. The van der Waals surface area contributed by atoms with Crippen molar-refractivity contribution in [2.24, 2.45) is 0 Å². The number of nitrogens with zero attached hydrogens (tertiary/aromatic N) is 3. The quantitative estimate of drug-likeness (QED) is 0.316. The number of nitriles is 1. The number of rotatable bonds is 5. The summed E-state index contributed by atoms with van der Waals surface area (Å²) in [6.45, 7) is 2.59. The molecule has 2 aromatic carbocycles. The van der Waals surface area contributed by atoms with Crippen molar-refractivity contribution in [3.63, 3.8) is 0 Å². The van der Waals surface area contributed by atoms with E-state index in [1.165, 1.54) is 6.08 Å². The van der Waals surface area contributed by atoms with Gasteiger partial charge in [-0.25, -0.2) is 0 Å². The third-order valence-electron chi connectivity index (χ3n) is 5.56. The van der Waals surface area contributed by atoms with Gasteiger partial charge in [-0.05, 0) is 36.4 Å². The van der Waals surface area contributed by atoms with Crippen LogP contribution in [0, 0.1) is 11.3 Å². The number of halogens is 1. The third-order valence-corrected chi connectivity index (χ3v) is 5.80. The monoisotopic (exact) mass is 473 g/mol. The summed E-state index contributed by atoms with van der Waals surface area (Å²) in [5, 5.41) is 21.0. The van der Waals surface area contributed by atoms with Crippen LogP contribution in [0.25, 0.3) is 28.5 Å². The molecule has 9 heteroatoms. The Morgan fingerprint density at radius 3 is 2.82 bits per heavy atom. The average molecular weight is 474 g/mol. The summed E-state index contributed by atoms with van der Waals surface area (Å²) in [7, 11) is 0. The largest absolute Gasteiger partial charge is 0.454 e. The minimum absolute atomic E-state index is 0.0772. The van der Waals surface area contributed by atoms with Gasteiger partial charge in [-0.3, -0.25) is 9.89 Å². The van der Waals surface area contributed by atoms with E-state index >= 15 is 0 Å². The van der Waals surface area contributed by atoms with Crippen LogP contribution in [0.15, 0.2) is 64.7 Å². The fraction of sp³-hybridized carbons (Fsp3) is 0.160. The second-order valence-electron chi connectivity index (χ2n) is 7.73. The molecule has 0 atom stereocenters. The summed E-state index contributed by atoms with van der Waals surface area (Å²) >= 11 is 6.19. The number of nitrogens with one attached hydrogen (secondary N) is 2. The highest BCUT2D eigenvalue weighted by Gasteiger charge is 2.19. The van der Waals surface area contributed by atoms with E-state index in [0.29, 0.717) is 54.0 Å². The Hall–Kier alpha value is -4.06. The molecule has 2 N–H and O–H groups in total. The molecule has 1 aliphatic heterocycles. The van der Waals surface area contributed by atoms with Gasteiger partial charge in [-0.2, -0.15) is 10.4 Å². The molecule has 170 valence electrons. The smallest absolute Gasteiger partial charge is 0.266 e. The Kier molecular flexibility index (Phi) is 6.04. The van der Waals surface area contributed by atoms with Crippen molar-refractivity contribution in [2.75, 3.05) is 36.5 Å². The van der Waals surface area contributed by atoms with Crippen LogP contribution in [0.1, 0.15) is 5.56 Å². The Labute approximate surface area is 200 Å². The molecule has 0 radical (unpaired) electrons. The van der Waals surface area contributed by atoms with Gasteiger partial charge >= 0.3 is 0 Å². The number of H-pyrrole nitrogens is 1. The highest BCUT2D eigenvalue weighted by molar-refractivity contribution is 6.31. The lowest BCUT2D eigenvalue weighted by atomic mass is 10.1. The number of aromatic nitrogens is 2. The topological polar surface area (TPSA) is 107 Å². The number of anilines is 2. The van der Waals surface area contributed by atoms with Crippen LogP contribution in [0.2, 0.25) is 5.02 Å². The van der Waals surface area contributed by atoms with Crippen molar-refractivity contribution in [1.82, 2.24) is 10.2 Å². The van der Waals surface area contributed by atoms with Gasteiger partial charge in [0.15, 0.2) is 5.76 Å². The molecule has 0 saturated carbocycles. The van der Waals surface area contributed by atoms with E-state index in [1.54, 1.807) is 18.3 Å². The molecule has 0 unspecified atom stereocenters. The first-order valence-electron chi connectivity index (χ1n) is 10.7. The SMILES string of the molecule is N#C/C(=C/c1cn[nH]c1-c1cc2ccccc2o1)C(=O)Nc1cc(Cl)ccc1N1CCOCC1. The fourth-order valence-electron chi connectivity index (χ4n) is 3.89. The van der Waals surface area contributed by atoms with Crippen LogP contribution < -0.4 is 10.2 Å². The first kappa shape index (κ1) is 21.8. The predicted molar refractivity (Wildman–Crippen MR) is 130 cm³/mol. The molecule has 0 bridgehead atoms. The van der Waals surface area contributed by atoms with Gasteiger partial charge < -0.3 is 19.4 Å². The van der Waals surface area contributed by atoms with E-state index in [-0.39, 0.29) is 5.57 Å². The second kappa shape index (κ2) is 9.43. The standard InChI is InChI=1S/C25H20ClN5O3/c26-19-5-6-21(31-7-9-33-10-8-31)20(13-19)29-25(32)17(14-27)11-18-15-28-30-24(18)23-12-16-3-1-2-4-22(16)34-23/h1-6,11-13,15H,7-10H2,(H,28,30)(H,29,32)/b17-11-. The van der Waals surface area contributed by atoms with Crippen LogP contribution in [-0.2, 0) is 9.53 Å². The summed E-state index contributed by atoms with van der Waals surface area (Å²) in [5.41, 5.74) is 3.15. The molecule has 5 rings (SSSR count). The van der Waals surface area contributed by atoms with Crippen molar-refractivity contribution >= 4 is 45.9 Å². The first-order chi connectivity index (χ1) is 16.6. The van der Waals surface area contributed by atoms with Gasteiger partial charge in [-0.1, -0.05) is 29.8 Å². The zero-order valence-corrected chi connectivity index (χ0v) is 18.8. The second-order valence-corrected chi connectivity index (χ2v) is 8.17. The molecule has 3 heterocycles. The lowest BCUT2D eigenvalue weighted by molar-refractivity contribution is -0.112. The van der Waals surface area contributed by atoms with E-state index in [9.17, 15) is 10.1 Å². The summed E-state index contributed by atoms with van der Waals surface area (Å²) in [6, 6.07) is 16.8. The number of carbonyl (C=O) groups excluding carboxylic acids is 1. The number of ether oxygens (including phenoxy) is 1. The number of para-hydroxylation sites is 1. The lowest BCUT2D eigenvalue weighted by Crippen LogP contribution is -2.36. The molecular weight excluding hydrogens is 454 g/mol. The van der Waals surface area contributed by atoms with E-state index < -0.39 is 5.91 Å². The molecule has 1 amide bonds. The molecule has 1 aliphatic rings. The van der Waals surface area contributed by atoms with Crippen LogP contribution in [0.4, 0.5) is 11.4 Å². The Bertz CT molecular complexity index is 1390.